The van der Waals surface area contributed by atoms with Gasteiger partial charge in [-0.15, -0.1) is 6.42 Å². The maximum atomic E-state index is 16.9. The summed E-state index contributed by atoms with van der Waals surface area (Å²) in [6.45, 7) is 6.54. The summed E-state index contributed by atoms with van der Waals surface area (Å²) < 4.78 is 23.3. The van der Waals surface area contributed by atoms with E-state index in [1.165, 1.54) is 0 Å². The molecule has 1 aliphatic carbocycles. The number of ether oxygens (including phenoxy) is 1. The van der Waals surface area contributed by atoms with Gasteiger partial charge in [-0.25, -0.2) is 4.39 Å². The van der Waals surface area contributed by atoms with Crippen molar-refractivity contribution in [3.05, 3.63) is 53.8 Å². The number of aromatic nitrogens is 2. The van der Waals surface area contributed by atoms with Gasteiger partial charge >= 0.3 is 6.01 Å². The van der Waals surface area contributed by atoms with Crippen molar-refractivity contribution in [2.45, 2.75) is 43.8 Å². The summed E-state index contributed by atoms with van der Waals surface area (Å²) in [5.74, 6) is 3.80. The number of piperazine rings is 1. The predicted molar refractivity (Wildman–Crippen MR) is 173 cm³/mol. The topological polar surface area (TPSA) is 85.8 Å². The molecule has 4 aliphatic heterocycles. The first-order valence-electron chi connectivity index (χ1n) is 16.3. The Morgan fingerprint density at radius 3 is 2.60 bits per heavy atom. The molecule has 0 amide bonds. The molecule has 0 radical (unpaired) electrons. The number of terminal acetylenes is 1. The zero-order valence-electron chi connectivity index (χ0n) is 25.2. The molecule has 2 bridgehead atoms. The van der Waals surface area contributed by atoms with Gasteiger partial charge in [-0.1, -0.05) is 24.1 Å². The van der Waals surface area contributed by atoms with E-state index in [9.17, 15) is 5.11 Å². The first-order valence-corrected chi connectivity index (χ1v) is 16.3. The molecule has 5 aliphatic rings. The normalized spacial score (nSPS) is 26.5. The Labute approximate surface area is 262 Å². The minimum atomic E-state index is -0.473. The fourth-order valence-corrected chi connectivity index (χ4v) is 8.24. The minimum Gasteiger partial charge on any atom is -0.508 e. The van der Waals surface area contributed by atoms with Crippen LogP contribution in [0.5, 0.6) is 11.8 Å². The molecule has 4 saturated heterocycles. The number of likely N-dealkylation sites (tertiary alicyclic amines) is 1. The Bertz CT molecular complexity index is 1860. The van der Waals surface area contributed by atoms with Crippen molar-refractivity contribution in [2.24, 2.45) is 11.3 Å². The van der Waals surface area contributed by atoms with Gasteiger partial charge in [0.25, 0.3) is 0 Å². The van der Waals surface area contributed by atoms with Gasteiger partial charge in [0, 0.05) is 90.6 Å². The lowest BCUT2D eigenvalue weighted by molar-refractivity contribution is 0.169. The Morgan fingerprint density at radius 1 is 1.04 bits per heavy atom. The van der Waals surface area contributed by atoms with Crippen molar-refractivity contribution in [1.82, 2.24) is 25.5 Å². The molecular weight excluding hydrogens is 567 g/mol. The van der Waals surface area contributed by atoms with Gasteiger partial charge in [-0.2, -0.15) is 9.97 Å². The number of halogens is 1. The number of benzene rings is 3. The van der Waals surface area contributed by atoms with Gasteiger partial charge < -0.3 is 30.3 Å². The maximum Gasteiger partial charge on any atom is 0.319 e. The van der Waals surface area contributed by atoms with E-state index in [0.717, 1.165) is 87.5 Å². The van der Waals surface area contributed by atoms with E-state index in [2.05, 4.69) is 26.4 Å². The van der Waals surface area contributed by atoms with Crippen LogP contribution in [0.4, 0.5) is 10.2 Å². The van der Waals surface area contributed by atoms with Crippen LogP contribution in [-0.4, -0.2) is 84.0 Å². The Morgan fingerprint density at radius 2 is 1.89 bits per heavy atom. The highest BCUT2D eigenvalue weighted by atomic mass is 19.1. The molecule has 9 rings (SSSR count). The van der Waals surface area contributed by atoms with Crippen molar-refractivity contribution < 1.29 is 14.2 Å². The molecule has 8 nitrogen and oxygen atoms in total. The largest absolute Gasteiger partial charge is 0.508 e. The van der Waals surface area contributed by atoms with Crippen LogP contribution in [0.1, 0.15) is 31.2 Å². The Balaban J connectivity index is 1.11. The zero-order chi connectivity index (χ0) is 30.3. The van der Waals surface area contributed by atoms with Crippen LogP contribution < -0.4 is 20.3 Å². The molecule has 9 heteroatoms. The summed E-state index contributed by atoms with van der Waals surface area (Å²) >= 11 is 0. The molecular formula is C36H37FN6O2. The third-order valence-electron chi connectivity index (χ3n) is 10.9. The second-order valence-electron chi connectivity index (χ2n) is 14.0. The number of nitrogens with one attached hydrogen (secondary N) is 2. The van der Waals surface area contributed by atoms with Crippen LogP contribution in [0.2, 0.25) is 0 Å². The van der Waals surface area contributed by atoms with Crippen molar-refractivity contribution in [2.75, 3.05) is 50.8 Å². The lowest BCUT2D eigenvalue weighted by atomic mass is 9.93. The van der Waals surface area contributed by atoms with Crippen molar-refractivity contribution in [3.63, 3.8) is 0 Å². The molecule has 3 aromatic carbocycles. The molecule has 1 aromatic heterocycles. The molecule has 45 heavy (non-hydrogen) atoms. The third kappa shape index (κ3) is 4.70. The summed E-state index contributed by atoms with van der Waals surface area (Å²) in [5, 5.41) is 20.0. The van der Waals surface area contributed by atoms with Crippen molar-refractivity contribution in [1.29, 1.82) is 0 Å². The van der Waals surface area contributed by atoms with Gasteiger partial charge in [0.1, 0.15) is 17.1 Å². The summed E-state index contributed by atoms with van der Waals surface area (Å²) in [6, 6.07) is 14.1. The molecule has 5 heterocycles. The standard InChI is InChI=1S/C36H37FN6O2/c1-2-21-4-3-5-22-12-26(44)13-29(31(21)22)27-8-9-28-33(32(27)37)40-35(41-34(28)43-16-24-6-7-25(17-43)39-24)45-20-36(10-11-36)19-42-15-23-14-38-30(23)18-42/h1,3-5,8-9,12-13,23-25,30,38-39,44H,6-7,10-11,14-20H2. The van der Waals surface area contributed by atoms with Crippen LogP contribution in [-0.2, 0) is 0 Å². The lowest BCUT2D eigenvalue weighted by Gasteiger charge is -2.34. The monoisotopic (exact) mass is 604 g/mol. The maximum absolute atomic E-state index is 16.9. The molecule has 4 unspecified atom stereocenters. The SMILES string of the molecule is C#Cc1cccc2cc(O)cc(-c3ccc4c(N5CC6CCC(C5)N6)nc(OCC5(CN6CC7CNC7C6)CC5)nc4c3F)c12. The predicted octanol–water partition coefficient (Wildman–Crippen LogP) is 4.28. The molecule has 5 fully saturated rings. The number of fused-ring (bicyclic) bond motifs is 5. The third-order valence-corrected chi connectivity index (χ3v) is 10.9. The number of phenolic OH excluding ortho intramolecular Hbond substituents is 1. The first kappa shape index (κ1) is 27.3. The van der Waals surface area contributed by atoms with E-state index >= 15 is 4.39 Å². The van der Waals surface area contributed by atoms with Crippen LogP contribution in [0, 0.1) is 29.5 Å². The first-order chi connectivity index (χ1) is 21.9. The van der Waals surface area contributed by atoms with Gasteiger partial charge in [0.2, 0.25) is 0 Å². The Kier molecular flexibility index (Phi) is 6.25. The number of hydrogen-bond acceptors (Lipinski definition) is 8. The summed E-state index contributed by atoms with van der Waals surface area (Å²) in [5.41, 5.74) is 1.83. The molecule has 0 spiro atoms. The van der Waals surface area contributed by atoms with Gasteiger partial charge in [0.15, 0.2) is 5.82 Å². The van der Waals surface area contributed by atoms with Crippen LogP contribution in [0.3, 0.4) is 0 Å². The molecule has 230 valence electrons. The van der Waals surface area contributed by atoms with E-state index in [1.54, 1.807) is 18.2 Å². The zero-order valence-corrected chi connectivity index (χ0v) is 25.2. The second-order valence-corrected chi connectivity index (χ2v) is 14.0. The number of hydrogen-bond donors (Lipinski definition) is 3. The van der Waals surface area contributed by atoms with Crippen LogP contribution in [0.25, 0.3) is 32.8 Å². The van der Waals surface area contributed by atoms with E-state index in [1.807, 2.05) is 24.3 Å². The second kappa shape index (κ2) is 10.3. The fourth-order valence-electron chi connectivity index (χ4n) is 8.24. The number of rotatable bonds is 7. The summed E-state index contributed by atoms with van der Waals surface area (Å²) in [7, 11) is 0. The number of phenols is 1. The van der Waals surface area contributed by atoms with Crippen molar-refractivity contribution >= 4 is 27.5 Å². The molecule has 1 saturated carbocycles. The van der Waals surface area contributed by atoms with Crippen LogP contribution in [0.15, 0.2) is 42.5 Å². The molecule has 4 atom stereocenters. The van der Waals surface area contributed by atoms with E-state index in [-0.39, 0.29) is 22.7 Å². The Hall–Kier alpha value is -3.97. The van der Waals surface area contributed by atoms with E-state index in [4.69, 9.17) is 21.1 Å². The highest BCUT2D eigenvalue weighted by molar-refractivity contribution is 6.04. The summed E-state index contributed by atoms with van der Waals surface area (Å²) in [6.07, 6.45) is 10.4. The molecule has 4 aromatic rings. The average Bonchev–Trinajstić information content (AvgIpc) is 3.64. The fraction of sp³-hybridized carbons (Fsp3) is 0.444. The van der Waals surface area contributed by atoms with Gasteiger partial charge in [0.05, 0.1) is 6.61 Å². The van der Waals surface area contributed by atoms with Crippen molar-refractivity contribution in [3.8, 4) is 35.2 Å². The minimum absolute atomic E-state index is 0.0476. The van der Waals surface area contributed by atoms with Gasteiger partial charge in [-0.05, 0) is 60.9 Å². The number of anilines is 1. The highest BCUT2D eigenvalue weighted by Gasteiger charge is 2.48. The number of nitrogens with zero attached hydrogens (tertiary/aromatic N) is 4. The van der Waals surface area contributed by atoms with Gasteiger partial charge in [-0.3, -0.25) is 0 Å². The average molecular weight is 605 g/mol. The summed E-state index contributed by atoms with van der Waals surface area (Å²) in [4.78, 5) is 14.5. The molecule has 3 N–H and O–H groups in total. The lowest BCUT2D eigenvalue weighted by Crippen LogP contribution is -2.51. The number of aromatic hydroxyl groups is 1. The highest BCUT2D eigenvalue weighted by Crippen LogP contribution is 2.48. The van der Waals surface area contributed by atoms with E-state index < -0.39 is 5.82 Å². The van der Waals surface area contributed by atoms with E-state index in [0.29, 0.717) is 46.8 Å². The van der Waals surface area contributed by atoms with Crippen LogP contribution >= 0.6 is 0 Å². The smallest absolute Gasteiger partial charge is 0.319 e. The quantitative estimate of drug-likeness (QED) is 0.270.